The lowest BCUT2D eigenvalue weighted by atomic mass is 10.0. The van der Waals surface area contributed by atoms with Crippen LogP contribution in [0.1, 0.15) is 6.42 Å². The first-order valence-corrected chi connectivity index (χ1v) is 4.93. The SMILES string of the molecule is O=C(Cn1cnc([N+](=O)[O-])c1)C1CCOC1. The smallest absolute Gasteiger partial charge is 0.381 e. The van der Waals surface area contributed by atoms with Gasteiger partial charge in [0, 0.05) is 12.5 Å². The van der Waals surface area contributed by atoms with Gasteiger partial charge in [0.15, 0.2) is 5.78 Å². The maximum absolute atomic E-state index is 11.7. The van der Waals surface area contributed by atoms with Crippen molar-refractivity contribution in [2.75, 3.05) is 13.2 Å². The van der Waals surface area contributed by atoms with Crippen molar-refractivity contribution in [2.45, 2.75) is 13.0 Å². The van der Waals surface area contributed by atoms with E-state index in [0.29, 0.717) is 13.2 Å². The number of carbonyl (C=O) groups excluding carboxylic acids is 1. The summed E-state index contributed by atoms with van der Waals surface area (Å²) in [6, 6.07) is 0. The summed E-state index contributed by atoms with van der Waals surface area (Å²) in [5.41, 5.74) is 0. The highest BCUT2D eigenvalue weighted by molar-refractivity contribution is 5.81. The number of carbonyl (C=O) groups is 1. The van der Waals surface area contributed by atoms with Gasteiger partial charge in [0.05, 0.1) is 13.2 Å². The van der Waals surface area contributed by atoms with Crippen molar-refractivity contribution in [2.24, 2.45) is 5.92 Å². The Balaban J connectivity index is 1.97. The molecule has 7 heteroatoms. The van der Waals surface area contributed by atoms with Crippen LogP contribution in [0.4, 0.5) is 5.82 Å². The second-order valence-electron chi connectivity index (χ2n) is 3.69. The molecular formula is C9H11N3O4. The molecule has 1 fully saturated rings. The Kier molecular flexibility index (Phi) is 2.95. The number of hydrogen-bond acceptors (Lipinski definition) is 5. The van der Waals surface area contributed by atoms with E-state index < -0.39 is 4.92 Å². The summed E-state index contributed by atoms with van der Waals surface area (Å²) in [7, 11) is 0. The van der Waals surface area contributed by atoms with Gasteiger partial charge in [-0.25, -0.2) is 0 Å². The zero-order valence-electron chi connectivity index (χ0n) is 8.54. The molecule has 0 aliphatic carbocycles. The minimum absolute atomic E-state index is 0.0322. The molecular weight excluding hydrogens is 214 g/mol. The molecule has 2 rings (SSSR count). The Hall–Kier alpha value is -1.76. The predicted octanol–water partition coefficient (Wildman–Crippen LogP) is 0.397. The maximum Gasteiger partial charge on any atom is 0.381 e. The second kappa shape index (κ2) is 4.40. The van der Waals surface area contributed by atoms with Crippen LogP contribution in [0.15, 0.2) is 12.5 Å². The molecule has 1 aliphatic heterocycles. The van der Waals surface area contributed by atoms with E-state index in [1.165, 1.54) is 17.1 Å². The Labute approximate surface area is 91.2 Å². The molecule has 0 bridgehead atoms. The molecule has 1 aliphatic rings. The monoisotopic (exact) mass is 225 g/mol. The Morgan fingerprint density at radius 3 is 3.12 bits per heavy atom. The fraction of sp³-hybridized carbons (Fsp3) is 0.556. The molecule has 0 radical (unpaired) electrons. The number of ether oxygens (including phenoxy) is 1. The minimum Gasteiger partial charge on any atom is -0.381 e. The lowest BCUT2D eigenvalue weighted by Gasteiger charge is -2.05. The standard InChI is InChI=1S/C9H11N3O4/c13-8(7-1-2-16-5-7)3-11-4-9(10-6-11)12(14)15/h4,6-7H,1-3,5H2. The van der Waals surface area contributed by atoms with Crippen molar-refractivity contribution in [3.63, 3.8) is 0 Å². The van der Waals surface area contributed by atoms with Crippen LogP contribution in [0.25, 0.3) is 0 Å². The molecule has 1 aromatic rings. The molecule has 0 N–H and O–H groups in total. The zero-order valence-corrected chi connectivity index (χ0v) is 8.54. The number of aromatic nitrogens is 2. The Bertz CT molecular complexity index is 409. The third-order valence-corrected chi connectivity index (χ3v) is 2.53. The molecule has 0 aromatic carbocycles. The third-order valence-electron chi connectivity index (χ3n) is 2.53. The maximum atomic E-state index is 11.7. The van der Waals surface area contributed by atoms with Crippen LogP contribution in [0.2, 0.25) is 0 Å². The van der Waals surface area contributed by atoms with Crippen molar-refractivity contribution in [1.29, 1.82) is 0 Å². The van der Waals surface area contributed by atoms with Gasteiger partial charge in [0.1, 0.15) is 6.20 Å². The lowest BCUT2D eigenvalue weighted by Crippen LogP contribution is -2.19. The highest BCUT2D eigenvalue weighted by Crippen LogP contribution is 2.15. The van der Waals surface area contributed by atoms with Gasteiger partial charge in [-0.3, -0.25) is 4.79 Å². The highest BCUT2D eigenvalue weighted by atomic mass is 16.6. The Morgan fingerprint density at radius 1 is 1.75 bits per heavy atom. The average molecular weight is 225 g/mol. The lowest BCUT2D eigenvalue weighted by molar-refractivity contribution is -0.389. The molecule has 0 amide bonds. The van der Waals surface area contributed by atoms with Crippen LogP contribution in [0, 0.1) is 16.0 Å². The summed E-state index contributed by atoms with van der Waals surface area (Å²) < 4.78 is 6.53. The van der Waals surface area contributed by atoms with Crippen molar-refractivity contribution in [3.05, 3.63) is 22.6 Å². The van der Waals surface area contributed by atoms with E-state index in [9.17, 15) is 14.9 Å². The largest absolute Gasteiger partial charge is 0.381 e. The second-order valence-corrected chi connectivity index (χ2v) is 3.69. The van der Waals surface area contributed by atoms with E-state index in [0.717, 1.165) is 6.42 Å². The predicted molar refractivity (Wildman–Crippen MR) is 52.8 cm³/mol. The van der Waals surface area contributed by atoms with Gasteiger partial charge in [0.2, 0.25) is 6.33 Å². The van der Waals surface area contributed by atoms with Gasteiger partial charge in [-0.2, -0.15) is 0 Å². The summed E-state index contributed by atoms with van der Waals surface area (Å²) in [4.78, 5) is 25.1. The average Bonchev–Trinajstić information content (AvgIpc) is 2.87. The molecule has 0 saturated carbocycles. The van der Waals surface area contributed by atoms with Crippen molar-refractivity contribution < 1.29 is 14.5 Å². The summed E-state index contributed by atoms with van der Waals surface area (Å²) >= 11 is 0. The summed E-state index contributed by atoms with van der Waals surface area (Å²) in [5, 5.41) is 10.4. The van der Waals surface area contributed by atoms with E-state index in [1.807, 2.05) is 0 Å². The first-order chi connectivity index (χ1) is 7.66. The van der Waals surface area contributed by atoms with Crippen molar-refractivity contribution in [3.8, 4) is 0 Å². The topological polar surface area (TPSA) is 87.3 Å². The van der Waals surface area contributed by atoms with Gasteiger partial charge in [0.25, 0.3) is 0 Å². The minimum atomic E-state index is -0.584. The quantitative estimate of drug-likeness (QED) is 0.546. The first-order valence-electron chi connectivity index (χ1n) is 4.93. The molecule has 1 aromatic heterocycles. The molecule has 0 spiro atoms. The third kappa shape index (κ3) is 2.25. The zero-order chi connectivity index (χ0) is 11.5. The van der Waals surface area contributed by atoms with Crippen LogP contribution >= 0.6 is 0 Å². The molecule has 7 nitrogen and oxygen atoms in total. The highest BCUT2D eigenvalue weighted by Gasteiger charge is 2.24. The fourth-order valence-electron chi connectivity index (χ4n) is 1.63. The van der Waals surface area contributed by atoms with E-state index in [1.54, 1.807) is 0 Å². The number of nitro groups is 1. The first kappa shape index (κ1) is 10.7. The van der Waals surface area contributed by atoms with Crippen molar-refractivity contribution >= 4 is 11.6 Å². The molecule has 1 atom stereocenters. The number of nitrogens with zero attached hydrogens (tertiary/aromatic N) is 3. The van der Waals surface area contributed by atoms with Crippen molar-refractivity contribution in [1.82, 2.24) is 9.55 Å². The van der Waals surface area contributed by atoms with Gasteiger partial charge < -0.3 is 19.4 Å². The molecule has 86 valence electrons. The summed E-state index contributed by atoms with van der Waals surface area (Å²) in [5.74, 6) is -0.290. The van der Waals surface area contributed by atoms with Crippen LogP contribution in [-0.2, 0) is 16.1 Å². The molecule has 16 heavy (non-hydrogen) atoms. The molecule has 1 unspecified atom stereocenters. The van der Waals surface area contributed by atoms with E-state index in [2.05, 4.69) is 4.98 Å². The molecule has 2 heterocycles. The number of ketones is 1. The van der Waals surface area contributed by atoms with Crippen LogP contribution in [-0.4, -0.2) is 33.5 Å². The number of Topliss-reactive ketones (excluding diaryl/α,β-unsaturated/α-hetero) is 1. The number of imidazole rings is 1. The normalized spacial score (nSPS) is 19.9. The number of hydrogen-bond donors (Lipinski definition) is 0. The van der Waals surface area contributed by atoms with E-state index in [-0.39, 0.29) is 24.1 Å². The van der Waals surface area contributed by atoms with Crippen LogP contribution < -0.4 is 0 Å². The molecule has 1 saturated heterocycles. The summed E-state index contributed by atoms with van der Waals surface area (Å²) in [6.07, 6.45) is 3.29. The van der Waals surface area contributed by atoms with Gasteiger partial charge in [-0.1, -0.05) is 0 Å². The van der Waals surface area contributed by atoms with Crippen LogP contribution in [0.3, 0.4) is 0 Å². The Morgan fingerprint density at radius 2 is 2.56 bits per heavy atom. The number of rotatable bonds is 4. The van der Waals surface area contributed by atoms with Gasteiger partial charge >= 0.3 is 5.82 Å². The van der Waals surface area contributed by atoms with Gasteiger partial charge in [-0.05, 0) is 16.3 Å². The van der Waals surface area contributed by atoms with E-state index in [4.69, 9.17) is 4.74 Å². The fourth-order valence-corrected chi connectivity index (χ4v) is 1.63. The van der Waals surface area contributed by atoms with Crippen LogP contribution in [0.5, 0.6) is 0 Å². The summed E-state index contributed by atoms with van der Waals surface area (Å²) in [6.45, 7) is 1.19. The van der Waals surface area contributed by atoms with Gasteiger partial charge in [-0.15, -0.1) is 0 Å². The van der Waals surface area contributed by atoms with E-state index >= 15 is 0 Å².